The van der Waals surface area contributed by atoms with Crippen LogP contribution in [-0.2, 0) is 25.6 Å². The second-order valence-electron chi connectivity index (χ2n) is 15.5. The van der Waals surface area contributed by atoms with Gasteiger partial charge in [0.1, 0.15) is 18.7 Å². The number of carbonyl (C=O) groups is 3. The summed E-state index contributed by atoms with van der Waals surface area (Å²) in [5, 5.41) is 5.93. The number of benzene rings is 3. The van der Waals surface area contributed by atoms with Crippen molar-refractivity contribution in [3.05, 3.63) is 101 Å². The molecule has 1 aliphatic heterocycles. The molecule has 3 atom stereocenters. The van der Waals surface area contributed by atoms with Gasteiger partial charge < -0.3 is 25.0 Å². The van der Waals surface area contributed by atoms with Crippen LogP contribution in [0, 0.1) is 12.3 Å². The number of nitrogens with one attached hydrogen (secondary N) is 2. The average Bonchev–Trinajstić information content (AvgIpc) is 3.79. The molecule has 2 N–H and O–H groups in total. The topological polar surface area (TPSA) is 110 Å². The summed E-state index contributed by atoms with van der Waals surface area (Å²) in [6.45, 7) is 14.2. The van der Waals surface area contributed by atoms with E-state index in [1.807, 2.05) is 103 Å². The van der Waals surface area contributed by atoms with Crippen LogP contribution in [0.5, 0.6) is 0 Å². The molecule has 51 heavy (non-hydrogen) atoms. The second-order valence-corrected chi connectivity index (χ2v) is 16.4. The molecule has 1 saturated heterocycles. The van der Waals surface area contributed by atoms with Gasteiger partial charge in [0.05, 0.1) is 27.8 Å². The molecule has 268 valence electrons. The Morgan fingerprint density at radius 2 is 1.55 bits per heavy atom. The maximum absolute atomic E-state index is 14.4. The summed E-state index contributed by atoms with van der Waals surface area (Å²) >= 11 is 1.60. The quantitative estimate of drug-likeness (QED) is 0.187. The summed E-state index contributed by atoms with van der Waals surface area (Å²) in [5.41, 5.74) is 8.19. The summed E-state index contributed by atoms with van der Waals surface area (Å²) in [6.07, 6.45) is -0.674. The number of alkyl carbamates (subject to hydrolysis) is 1. The highest BCUT2D eigenvalue weighted by Crippen LogP contribution is 2.44. The third-order valence-electron chi connectivity index (χ3n) is 9.52. The number of hydrogen-bond acceptors (Lipinski definition) is 7. The van der Waals surface area contributed by atoms with E-state index in [2.05, 4.69) is 39.9 Å². The first kappa shape index (κ1) is 36.3. The molecular weight excluding hydrogens is 661 g/mol. The minimum Gasteiger partial charge on any atom is -0.449 e. The summed E-state index contributed by atoms with van der Waals surface area (Å²) in [4.78, 5) is 48.7. The van der Waals surface area contributed by atoms with Crippen molar-refractivity contribution in [1.29, 1.82) is 0 Å². The van der Waals surface area contributed by atoms with Gasteiger partial charge in [-0.2, -0.15) is 0 Å². The smallest absolute Gasteiger partial charge is 0.407 e. The van der Waals surface area contributed by atoms with E-state index in [0.29, 0.717) is 13.0 Å². The van der Waals surface area contributed by atoms with Crippen molar-refractivity contribution in [3.63, 3.8) is 0 Å². The van der Waals surface area contributed by atoms with Gasteiger partial charge in [0.15, 0.2) is 0 Å². The number of amides is 3. The number of thiazole rings is 1. The van der Waals surface area contributed by atoms with Crippen molar-refractivity contribution >= 4 is 29.2 Å². The molecule has 0 unspecified atom stereocenters. The van der Waals surface area contributed by atoms with Crippen LogP contribution in [0.4, 0.5) is 4.79 Å². The van der Waals surface area contributed by atoms with Crippen molar-refractivity contribution in [1.82, 2.24) is 20.5 Å². The van der Waals surface area contributed by atoms with E-state index in [9.17, 15) is 14.4 Å². The number of aryl methyl sites for hydroxylation is 1. The number of hydrogen-bond donors (Lipinski definition) is 2. The zero-order valence-corrected chi connectivity index (χ0v) is 31.3. The highest BCUT2D eigenvalue weighted by Gasteiger charge is 2.46. The average molecular weight is 709 g/mol. The summed E-state index contributed by atoms with van der Waals surface area (Å²) in [6, 6.07) is 22.6. The number of likely N-dealkylation sites (tertiary alicyclic amines) is 1. The summed E-state index contributed by atoms with van der Waals surface area (Å²) in [5.74, 6) is -0.720. The Kier molecular flexibility index (Phi) is 10.4. The Morgan fingerprint density at radius 1 is 0.922 bits per heavy atom. The molecule has 10 heteroatoms. The number of ether oxygens (including phenoxy) is 2. The van der Waals surface area contributed by atoms with Crippen LogP contribution in [0.3, 0.4) is 0 Å². The van der Waals surface area contributed by atoms with Gasteiger partial charge in [-0.25, -0.2) is 9.78 Å². The van der Waals surface area contributed by atoms with Crippen LogP contribution in [0.2, 0.25) is 0 Å². The number of aromatic nitrogens is 1. The van der Waals surface area contributed by atoms with Crippen LogP contribution in [0.1, 0.15) is 76.3 Å². The molecule has 1 aliphatic carbocycles. The molecule has 3 aromatic carbocycles. The van der Waals surface area contributed by atoms with E-state index < -0.39 is 29.2 Å². The molecule has 0 radical (unpaired) electrons. The van der Waals surface area contributed by atoms with Crippen LogP contribution in [0.25, 0.3) is 21.6 Å². The lowest BCUT2D eigenvalue weighted by Crippen LogP contribution is -2.57. The van der Waals surface area contributed by atoms with E-state index in [0.717, 1.165) is 44.0 Å². The van der Waals surface area contributed by atoms with E-state index >= 15 is 0 Å². The third kappa shape index (κ3) is 8.18. The van der Waals surface area contributed by atoms with E-state index in [-0.39, 0.29) is 37.0 Å². The van der Waals surface area contributed by atoms with Gasteiger partial charge in [-0.05, 0) is 66.5 Å². The fraction of sp³-hybridized carbons (Fsp3) is 0.415. The lowest BCUT2D eigenvalue weighted by molar-refractivity contribution is -0.142. The Morgan fingerprint density at radius 3 is 2.12 bits per heavy atom. The van der Waals surface area contributed by atoms with Gasteiger partial charge in [-0.1, -0.05) is 93.6 Å². The minimum absolute atomic E-state index is 0.109. The molecule has 0 bridgehead atoms. The van der Waals surface area contributed by atoms with Crippen LogP contribution >= 0.6 is 11.3 Å². The molecule has 2 aliphatic rings. The van der Waals surface area contributed by atoms with Gasteiger partial charge in [0.2, 0.25) is 11.8 Å². The molecule has 1 fully saturated rings. The molecule has 0 spiro atoms. The Bertz CT molecular complexity index is 1850. The number of nitrogens with zero attached hydrogens (tertiary/aromatic N) is 2. The lowest BCUT2D eigenvalue weighted by atomic mass is 9.85. The molecule has 0 saturated carbocycles. The highest BCUT2D eigenvalue weighted by atomic mass is 32.1. The first-order valence-corrected chi connectivity index (χ1v) is 18.4. The van der Waals surface area contributed by atoms with E-state index in [1.54, 1.807) is 16.2 Å². The predicted octanol–water partition coefficient (Wildman–Crippen LogP) is 7.47. The maximum atomic E-state index is 14.4. The zero-order chi connectivity index (χ0) is 36.5. The summed E-state index contributed by atoms with van der Waals surface area (Å²) < 4.78 is 12.1. The Hall–Kier alpha value is -4.54. The van der Waals surface area contributed by atoms with E-state index in [4.69, 9.17) is 9.47 Å². The molecule has 9 nitrogen and oxygen atoms in total. The zero-order valence-electron chi connectivity index (χ0n) is 30.5. The number of rotatable bonds is 9. The van der Waals surface area contributed by atoms with Gasteiger partial charge in [0.25, 0.3) is 0 Å². The fourth-order valence-corrected chi connectivity index (χ4v) is 7.92. The lowest BCUT2D eigenvalue weighted by Gasteiger charge is -2.35. The molecule has 4 aromatic rings. The van der Waals surface area contributed by atoms with Gasteiger partial charge >= 0.3 is 6.09 Å². The number of carbonyl (C=O) groups excluding carboxylic acids is 3. The van der Waals surface area contributed by atoms with Crippen molar-refractivity contribution in [2.24, 2.45) is 5.41 Å². The maximum Gasteiger partial charge on any atom is 0.407 e. The largest absolute Gasteiger partial charge is 0.449 e. The first-order chi connectivity index (χ1) is 24.2. The normalized spacial score (nSPS) is 17.8. The van der Waals surface area contributed by atoms with Gasteiger partial charge in [0, 0.05) is 25.4 Å². The van der Waals surface area contributed by atoms with Crippen molar-refractivity contribution in [3.8, 4) is 21.6 Å². The fourth-order valence-electron chi connectivity index (χ4n) is 7.11. The van der Waals surface area contributed by atoms with E-state index in [1.165, 1.54) is 0 Å². The minimum atomic E-state index is -0.945. The molecule has 1 aromatic heterocycles. The van der Waals surface area contributed by atoms with Crippen LogP contribution in [-0.4, -0.2) is 64.7 Å². The SMILES string of the molecule is Cc1ncsc1-c1ccc(CNC(=O)[C@@H]2C[C@@H](OC(C)(C)C)CN2C(=O)[C@@H](NC(=O)OCC2c3ccccc3-c3ccccc32)C(C)(C)C)cc1. The van der Waals surface area contributed by atoms with Crippen LogP contribution < -0.4 is 10.6 Å². The molecule has 6 rings (SSSR count). The molecule has 3 amide bonds. The predicted molar refractivity (Wildman–Crippen MR) is 200 cm³/mol. The van der Waals surface area contributed by atoms with Crippen molar-refractivity contribution < 1.29 is 23.9 Å². The Labute approximate surface area is 304 Å². The monoisotopic (exact) mass is 708 g/mol. The standard InChI is InChI=1S/C41H48N4O5S/c1-25-35(51-24-43-25)27-18-16-26(17-19-27)21-42-37(46)34-20-28(50-41(5,6)7)22-45(34)38(47)36(40(2,3)4)44-39(48)49-23-33-31-14-10-8-12-29(31)30-13-9-11-15-32(30)33/h8-19,24,28,33-34,36H,20-23H2,1-7H3,(H,42,46)(H,44,48)/t28-,34+,36-/m1/s1. The summed E-state index contributed by atoms with van der Waals surface area (Å²) in [7, 11) is 0. The first-order valence-electron chi connectivity index (χ1n) is 17.6. The van der Waals surface area contributed by atoms with Gasteiger partial charge in [-0.15, -0.1) is 11.3 Å². The van der Waals surface area contributed by atoms with Crippen molar-refractivity contribution in [2.45, 2.75) is 91.1 Å². The van der Waals surface area contributed by atoms with Gasteiger partial charge in [-0.3, -0.25) is 9.59 Å². The third-order valence-corrected chi connectivity index (χ3v) is 10.5. The van der Waals surface area contributed by atoms with Crippen LogP contribution in [0.15, 0.2) is 78.3 Å². The van der Waals surface area contributed by atoms with Crippen molar-refractivity contribution in [2.75, 3.05) is 13.2 Å². The molecular formula is C41H48N4O5S. The number of fused-ring (bicyclic) bond motifs is 3. The molecule has 2 heterocycles. The highest BCUT2D eigenvalue weighted by molar-refractivity contribution is 7.13. The second kappa shape index (κ2) is 14.6. The Balaban J connectivity index is 1.14.